The van der Waals surface area contributed by atoms with Crippen molar-refractivity contribution in [2.24, 2.45) is 0 Å². The van der Waals surface area contributed by atoms with E-state index in [0.29, 0.717) is 5.82 Å². The van der Waals surface area contributed by atoms with Crippen molar-refractivity contribution in [3.63, 3.8) is 0 Å². The van der Waals surface area contributed by atoms with Crippen molar-refractivity contribution < 1.29 is 14.3 Å². The van der Waals surface area contributed by atoms with Crippen LogP contribution in [0.2, 0.25) is 0 Å². The predicted octanol–water partition coefficient (Wildman–Crippen LogP) is -0.475. The van der Waals surface area contributed by atoms with Gasteiger partial charge in [0, 0.05) is 6.92 Å². The third-order valence-corrected chi connectivity index (χ3v) is 1.50. The lowest BCUT2D eigenvalue weighted by atomic mass is 10.5. The highest BCUT2D eigenvalue weighted by Crippen LogP contribution is 2.08. The Morgan fingerprint density at radius 1 is 1.20 bits per heavy atom. The molecule has 1 amide bonds. The molecule has 0 fully saturated rings. The van der Waals surface area contributed by atoms with Crippen LogP contribution in [0.3, 0.4) is 0 Å². The molecule has 0 unspecified atom stereocenters. The van der Waals surface area contributed by atoms with Gasteiger partial charge in [-0.15, -0.1) is 4.98 Å². The standard InChI is InChI=1S/C8H12N4O3/c1-5(13)9-4-6-10-7(14-2)12-8(11-6)15-3/h4H2,1-3H3,(H,9,13). The average Bonchev–Trinajstić information content (AvgIpc) is 2.25. The third kappa shape index (κ3) is 3.37. The molecule has 1 aromatic heterocycles. The van der Waals surface area contributed by atoms with Crippen molar-refractivity contribution in [2.75, 3.05) is 14.2 Å². The zero-order valence-electron chi connectivity index (χ0n) is 8.77. The Morgan fingerprint density at radius 3 is 2.13 bits per heavy atom. The van der Waals surface area contributed by atoms with Gasteiger partial charge in [0.1, 0.15) is 0 Å². The molecule has 7 heteroatoms. The van der Waals surface area contributed by atoms with Gasteiger partial charge >= 0.3 is 12.0 Å². The van der Waals surface area contributed by atoms with Gasteiger partial charge in [0.2, 0.25) is 5.91 Å². The van der Waals surface area contributed by atoms with Gasteiger partial charge in [-0.05, 0) is 0 Å². The summed E-state index contributed by atoms with van der Waals surface area (Å²) in [6, 6.07) is 0.310. The molecule has 15 heavy (non-hydrogen) atoms. The molecule has 0 radical (unpaired) electrons. The molecule has 1 aromatic rings. The first-order valence-corrected chi connectivity index (χ1v) is 4.23. The summed E-state index contributed by atoms with van der Waals surface area (Å²) >= 11 is 0. The Labute approximate surface area is 86.9 Å². The summed E-state index contributed by atoms with van der Waals surface area (Å²) < 4.78 is 9.70. The van der Waals surface area contributed by atoms with Gasteiger partial charge in [0.05, 0.1) is 20.8 Å². The van der Waals surface area contributed by atoms with Gasteiger partial charge in [-0.25, -0.2) is 0 Å². The zero-order valence-corrected chi connectivity index (χ0v) is 8.77. The first kappa shape index (κ1) is 11.2. The van der Waals surface area contributed by atoms with Gasteiger partial charge in [0.15, 0.2) is 5.82 Å². The molecule has 0 aliphatic heterocycles. The van der Waals surface area contributed by atoms with E-state index in [9.17, 15) is 4.79 Å². The number of ether oxygens (including phenoxy) is 2. The minimum absolute atomic E-state index is 0.155. The zero-order chi connectivity index (χ0) is 11.3. The molecule has 1 heterocycles. The molecule has 0 saturated heterocycles. The second kappa shape index (κ2) is 5.08. The van der Waals surface area contributed by atoms with Gasteiger partial charge in [0.25, 0.3) is 0 Å². The molecule has 7 nitrogen and oxygen atoms in total. The average molecular weight is 212 g/mol. The summed E-state index contributed by atoms with van der Waals surface area (Å²) in [5.41, 5.74) is 0. The van der Waals surface area contributed by atoms with E-state index in [1.54, 1.807) is 0 Å². The number of rotatable bonds is 4. The molecule has 0 aromatic carbocycles. The number of carbonyl (C=O) groups excluding carboxylic acids is 1. The third-order valence-electron chi connectivity index (χ3n) is 1.50. The van der Waals surface area contributed by atoms with Crippen LogP contribution in [0.4, 0.5) is 0 Å². The smallest absolute Gasteiger partial charge is 0.322 e. The van der Waals surface area contributed by atoms with Crippen molar-refractivity contribution in [1.82, 2.24) is 20.3 Å². The number of hydrogen-bond donors (Lipinski definition) is 1. The van der Waals surface area contributed by atoms with Crippen LogP contribution in [0.25, 0.3) is 0 Å². The summed E-state index contributed by atoms with van der Waals surface area (Å²) in [5, 5.41) is 2.56. The predicted molar refractivity (Wildman–Crippen MR) is 50.5 cm³/mol. The number of hydrogen-bond acceptors (Lipinski definition) is 6. The van der Waals surface area contributed by atoms with Gasteiger partial charge in [-0.2, -0.15) is 9.97 Å². The number of nitrogens with one attached hydrogen (secondary N) is 1. The SMILES string of the molecule is COc1nc(CNC(C)=O)nc(OC)n1. The molecule has 0 aliphatic rings. The molecule has 1 N–H and O–H groups in total. The van der Waals surface area contributed by atoms with Gasteiger partial charge in [-0.3, -0.25) is 4.79 Å². The van der Waals surface area contributed by atoms with Crippen LogP contribution in [0.15, 0.2) is 0 Å². The quantitative estimate of drug-likeness (QED) is 0.725. The second-order valence-electron chi connectivity index (χ2n) is 2.63. The van der Waals surface area contributed by atoms with E-state index < -0.39 is 0 Å². The van der Waals surface area contributed by atoms with E-state index in [4.69, 9.17) is 9.47 Å². The fraction of sp³-hybridized carbons (Fsp3) is 0.500. The number of nitrogens with zero attached hydrogens (tertiary/aromatic N) is 3. The Morgan fingerprint density at radius 2 is 1.73 bits per heavy atom. The molecule has 0 bridgehead atoms. The van der Waals surface area contributed by atoms with E-state index >= 15 is 0 Å². The molecule has 82 valence electrons. The van der Waals surface area contributed by atoms with Crippen LogP contribution in [0.5, 0.6) is 12.0 Å². The maximum absolute atomic E-state index is 10.7. The molecule has 0 spiro atoms. The molecule has 0 aliphatic carbocycles. The van der Waals surface area contributed by atoms with Crippen LogP contribution < -0.4 is 14.8 Å². The number of aromatic nitrogens is 3. The Kier molecular flexibility index (Phi) is 3.78. The van der Waals surface area contributed by atoms with Crippen molar-refractivity contribution in [2.45, 2.75) is 13.5 Å². The van der Waals surface area contributed by atoms with Crippen molar-refractivity contribution in [3.05, 3.63) is 5.82 Å². The van der Waals surface area contributed by atoms with E-state index in [1.807, 2.05) is 0 Å². The van der Waals surface area contributed by atoms with Crippen molar-refractivity contribution >= 4 is 5.91 Å². The molecular weight excluding hydrogens is 200 g/mol. The van der Waals surface area contributed by atoms with E-state index in [2.05, 4.69) is 20.3 Å². The number of amides is 1. The maximum Gasteiger partial charge on any atom is 0.322 e. The van der Waals surface area contributed by atoms with E-state index in [-0.39, 0.29) is 24.5 Å². The van der Waals surface area contributed by atoms with Crippen LogP contribution in [-0.2, 0) is 11.3 Å². The molecular formula is C8H12N4O3. The summed E-state index contributed by atoms with van der Waals surface area (Å²) in [4.78, 5) is 22.4. The Hall–Kier alpha value is -1.92. The summed E-state index contributed by atoms with van der Waals surface area (Å²) in [5.74, 6) is 0.224. The monoisotopic (exact) mass is 212 g/mol. The molecule has 0 atom stereocenters. The van der Waals surface area contributed by atoms with Crippen molar-refractivity contribution in [3.8, 4) is 12.0 Å². The van der Waals surface area contributed by atoms with Crippen LogP contribution in [0, 0.1) is 0 Å². The van der Waals surface area contributed by atoms with Crippen LogP contribution >= 0.6 is 0 Å². The summed E-state index contributed by atoms with van der Waals surface area (Å²) in [6.07, 6.45) is 0. The first-order chi connectivity index (χ1) is 7.15. The fourth-order valence-corrected chi connectivity index (χ4v) is 0.843. The summed E-state index contributed by atoms with van der Waals surface area (Å²) in [7, 11) is 2.88. The fourth-order valence-electron chi connectivity index (χ4n) is 0.843. The van der Waals surface area contributed by atoms with Crippen molar-refractivity contribution in [1.29, 1.82) is 0 Å². The molecule has 0 saturated carbocycles. The lowest BCUT2D eigenvalue weighted by molar-refractivity contribution is -0.119. The van der Waals surface area contributed by atoms with E-state index in [1.165, 1.54) is 21.1 Å². The Balaban J connectivity index is 2.81. The second-order valence-corrected chi connectivity index (χ2v) is 2.63. The normalized spacial score (nSPS) is 9.53. The number of carbonyl (C=O) groups is 1. The first-order valence-electron chi connectivity index (χ1n) is 4.23. The van der Waals surface area contributed by atoms with Crippen LogP contribution in [0.1, 0.15) is 12.7 Å². The highest BCUT2D eigenvalue weighted by molar-refractivity contribution is 5.72. The molecule has 1 rings (SSSR count). The Bertz CT molecular complexity index is 333. The topological polar surface area (TPSA) is 86.2 Å². The van der Waals surface area contributed by atoms with Gasteiger partial charge < -0.3 is 14.8 Å². The highest BCUT2D eigenvalue weighted by atomic mass is 16.5. The number of methoxy groups -OCH3 is 2. The van der Waals surface area contributed by atoms with Gasteiger partial charge in [-0.1, -0.05) is 0 Å². The van der Waals surface area contributed by atoms with Crippen LogP contribution in [-0.4, -0.2) is 35.1 Å². The van der Waals surface area contributed by atoms with E-state index in [0.717, 1.165) is 0 Å². The largest absolute Gasteiger partial charge is 0.467 e. The summed E-state index contributed by atoms with van der Waals surface area (Å²) in [6.45, 7) is 1.63. The minimum atomic E-state index is -0.159. The maximum atomic E-state index is 10.7. The highest BCUT2D eigenvalue weighted by Gasteiger charge is 2.06. The lowest BCUT2D eigenvalue weighted by Crippen LogP contribution is -2.21. The lowest BCUT2D eigenvalue weighted by Gasteiger charge is -2.04. The minimum Gasteiger partial charge on any atom is -0.467 e.